The van der Waals surface area contributed by atoms with Crippen molar-refractivity contribution in [2.24, 2.45) is 0 Å². The van der Waals surface area contributed by atoms with Crippen molar-refractivity contribution in [1.29, 1.82) is 0 Å². The summed E-state index contributed by atoms with van der Waals surface area (Å²) in [5.74, 6) is 0.865. The Bertz CT molecular complexity index is 1080. The molecule has 0 saturated carbocycles. The van der Waals surface area contributed by atoms with E-state index in [1.54, 1.807) is 30.3 Å². The van der Waals surface area contributed by atoms with Gasteiger partial charge in [0.25, 0.3) is 5.95 Å². The first kappa shape index (κ1) is 22.0. The summed E-state index contributed by atoms with van der Waals surface area (Å²) in [5.41, 5.74) is 1.43. The Labute approximate surface area is 179 Å². The van der Waals surface area contributed by atoms with Crippen LogP contribution in [0.1, 0.15) is 42.6 Å². The molecule has 0 spiro atoms. The monoisotopic (exact) mass is 428 g/mol. The van der Waals surface area contributed by atoms with Crippen LogP contribution in [0.2, 0.25) is 0 Å². The second kappa shape index (κ2) is 9.88. The van der Waals surface area contributed by atoms with Crippen LogP contribution in [0.5, 0.6) is 23.2 Å². The highest BCUT2D eigenvalue weighted by Gasteiger charge is 2.16. The van der Waals surface area contributed by atoms with Crippen molar-refractivity contribution in [2.75, 3.05) is 13.2 Å². The molecule has 0 unspecified atom stereocenters. The number of hydrogen-bond donors (Lipinski definition) is 2. The number of phenolic OH excluding ortho intramolecular Hbond substituents is 1. The molecule has 3 rings (SSSR count). The summed E-state index contributed by atoms with van der Waals surface area (Å²) >= 11 is 0. The number of fused-ring (bicyclic) bond motifs is 1. The van der Waals surface area contributed by atoms with Gasteiger partial charge in [-0.25, -0.2) is 4.79 Å². The molecule has 0 saturated heterocycles. The summed E-state index contributed by atoms with van der Waals surface area (Å²) in [7, 11) is 0. The van der Waals surface area contributed by atoms with Gasteiger partial charge in [0, 0.05) is 23.4 Å². The van der Waals surface area contributed by atoms with Gasteiger partial charge in [0.05, 0.1) is 18.8 Å². The molecule has 31 heavy (non-hydrogen) atoms. The van der Waals surface area contributed by atoms with Crippen molar-refractivity contribution >= 4 is 22.9 Å². The Hall–Kier alpha value is -3.68. The van der Waals surface area contributed by atoms with Crippen LogP contribution in [-0.2, 0) is 6.42 Å². The largest absolute Gasteiger partial charge is 0.513 e. The number of carboxylic acid groups (broad SMARTS) is 1. The van der Waals surface area contributed by atoms with Crippen molar-refractivity contribution in [2.45, 2.75) is 33.1 Å². The number of carbonyl (C=O) groups is 2. The molecule has 3 aromatic rings. The van der Waals surface area contributed by atoms with E-state index in [1.807, 2.05) is 6.92 Å². The van der Waals surface area contributed by atoms with Crippen LogP contribution in [-0.4, -0.2) is 35.4 Å². The molecule has 1 aromatic heterocycles. The summed E-state index contributed by atoms with van der Waals surface area (Å²) in [5, 5.41) is 19.7. The predicted molar refractivity (Wildman–Crippen MR) is 113 cm³/mol. The SMILES string of the molecule is CCCc1c(OCCCOc2ccc3oc(OC(=O)O)cc3c2)ccc(C(C)=O)c1O. The van der Waals surface area contributed by atoms with E-state index in [-0.39, 0.29) is 17.5 Å². The van der Waals surface area contributed by atoms with E-state index in [9.17, 15) is 14.7 Å². The summed E-state index contributed by atoms with van der Waals surface area (Å²) in [4.78, 5) is 22.2. The minimum Gasteiger partial charge on any atom is -0.507 e. The number of benzene rings is 2. The zero-order chi connectivity index (χ0) is 22.4. The van der Waals surface area contributed by atoms with E-state index in [0.29, 0.717) is 59.7 Å². The number of ether oxygens (including phenoxy) is 3. The molecule has 0 bridgehead atoms. The number of carbonyl (C=O) groups excluding carboxylic acids is 1. The van der Waals surface area contributed by atoms with E-state index in [1.165, 1.54) is 13.0 Å². The molecule has 0 amide bonds. The summed E-state index contributed by atoms with van der Waals surface area (Å²) < 4.78 is 21.3. The molecule has 0 radical (unpaired) electrons. The van der Waals surface area contributed by atoms with Gasteiger partial charge in [-0.05, 0) is 43.7 Å². The number of phenols is 1. The lowest BCUT2D eigenvalue weighted by Gasteiger charge is -2.15. The number of aromatic hydroxyl groups is 1. The van der Waals surface area contributed by atoms with Crippen molar-refractivity contribution in [3.05, 3.63) is 47.5 Å². The zero-order valence-corrected chi connectivity index (χ0v) is 17.3. The fraction of sp³-hybridized carbons (Fsp3) is 0.304. The van der Waals surface area contributed by atoms with Crippen molar-refractivity contribution in [3.8, 4) is 23.2 Å². The van der Waals surface area contributed by atoms with Gasteiger partial charge < -0.3 is 28.8 Å². The minimum atomic E-state index is -1.44. The quantitative estimate of drug-likeness (QED) is 0.257. The second-order valence-corrected chi connectivity index (χ2v) is 6.93. The molecule has 0 aliphatic heterocycles. The van der Waals surface area contributed by atoms with Crippen LogP contribution < -0.4 is 14.2 Å². The van der Waals surface area contributed by atoms with Crippen LogP contribution >= 0.6 is 0 Å². The summed E-state index contributed by atoms with van der Waals surface area (Å²) in [6.07, 6.45) is 0.570. The van der Waals surface area contributed by atoms with E-state index < -0.39 is 6.16 Å². The second-order valence-electron chi connectivity index (χ2n) is 6.93. The third-order valence-electron chi connectivity index (χ3n) is 4.59. The third kappa shape index (κ3) is 5.48. The van der Waals surface area contributed by atoms with Crippen LogP contribution in [0.3, 0.4) is 0 Å². The van der Waals surface area contributed by atoms with Gasteiger partial charge in [-0.1, -0.05) is 13.3 Å². The van der Waals surface area contributed by atoms with Crippen LogP contribution in [0.25, 0.3) is 11.0 Å². The van der Waals surface area contributed by atoms with Crippen LogP contribution in [0.4, 0.5) is 4.79 Å². The molecule has 164 valence electrons. The highest BCUT2D eigenvalue weighted by Crippen LogP contribution is 2.33. The minimum absolute atomic E-state index is 0.0113. The van der Waals surface area contributed by atoms with Gasteiger partial charge in [-0.15, -0.1) is 0 Å². The lowest BCUT2D eigenvalue weighted by Crippen LogP contribution is -2.07. The van der Waals surface area contributed by atoms with Gasteiger partial charge in [0.15, 0.2) is 5.78 Å². The van der Waals surface area contributed by atoms with E-state index in [2.05, 4.69) is 4.74 Å². The topological polar surface area (TPSA) is 115 Å². The van der Waals surface area contributed by atoms with Crippen LogP contribution in [0.15, 0.2) is 40.8 Å². The zero-order valence-electron chi connectivity index (χ0n) is 17.3. The molecular weight excluding hydrogens is 404 g/mol. The van der Waals surface area contributed by atoms with Crippen molar-refractivity contribution < 1.29 is 38.4 Å². The number of furan rings is 1. The van der Waals surface area contributed by atoms with Gasteiger partial charge >= 0.3 is 6.16 Å². The van der Waals surface area contributed by atoms with E-state index in [4.69, 9.17) is 19.0 Å². The van der Waals surface area contributed by atoms with Crippen LogP contribution in [0, 0.1) is 0 Å². The summed E-state index contributed by atoms with van der Waals surface area (Å²) in [6.45, 7) is 4.18. The Kier molecular flexibility index (Phi) is 7.02. The van der Waals surface area contributed by atoms with Crippen molar-refractivity contribution in [1.82, 2.24) is 0 Å². The molecule has 0 aliphatic carbocycles. The molecule has 2 aromatic carbocycles. The maximum Gasteiger partial charge on any atom is 0.513 e. The predicted octanol–water partition coefficient (Wildman–Crippen LogP) is 5.20. The molecular formula is C23H24O8. The Morgan fingerprint density at radius 1 is 1.06 bits per heavy atom. The van der Waals surface area contributed by atoms with Gasteiger partial charge in [-0.3, -0.25) is 4.79 Å². The van der Waals surface area contributed by atoms with E-state index >= 15 is 0 Å². The molecule has 2 N–H and O–H groups in total. The Balaban J connectivity index is 1.55. The standard InChI is InChI=1S/C23H24O8/c1-3-5-18-20(9-7-17(14(2)24)22(18)25)29-11-4-10-28-16-6-8-19-15(12-16)13-21(30-19)31-23(26)27/h6-9,12-13,25H,3-5,10-11H2,1-2H3,(H,26,27). The average molecular weight is 428 g/mol. The molecule has 8 nitrogen and oxygen atoms in total. The van der Waals surface area contributed by atoms with Gasteiger partial charge in [0.1, 0.15) is 22.8 Å². The van der Waals surface area contributed by atoms with E-state index in [0.717, 1.165) is 6.42 Å². The fourth-order valence-electron chi connectivity index (χ4n) is 3.18. The molecule has 1 heterocycles. The lowest BCUT2D eigenvalue weighted by molar-refractivity contribution is 0.101. The van der Waals surface area contributed by atoms with Gasteiger partial charge in [-0.2, -0.15) is 0 Å². The Morgan fingerprint density at radius 2 is 1.84 bits per heavy atom. The normalized spacial score (nSPS) is 10.8. The number of Topliss-reactive ketones (excluding diaryl/α,β-unsaturated/α-hetero) is 1. The number of hydrogen-bond acceptors (Lipinski definition) is 7. The maximum absolute atomic E-state index is 11.6. The first-order chi connectivity index (χ1) is 14.9. The average Bonchev–Trinajstić information content (AvgIpc) is 3.10. The fourth-order valence-corrected chi connectivity index (χ4v) is 3.18. The first-order valence-corrected chi connectivity index (χ1v) is 9.94. The molecule has 0 aliphatic rings. The highest BCUT2D eigenvalue weighted by atomic mass is 16.7. The lowest BCUT2D eigenvalue weighted by atomic mass is 10.0. The molecule has 8 heteroatoms. The summed E-state index contributed by atoms with van der Waals surface area (Å²) in [6, 6.07) is 9.89. The molecule has 0 fully saturated rings. The molecule has 0 atom stereocenters. The highest BCUT2D eigenvalue weighted by molar-refractivity contribution is 5.97. The third-order valence-corrected chi connectivity index (χ3v) is 4.59. The first-order valence-electron chi connectivity index (χ1n) is 9.94. The smallest absolute Gasteiger partial charge is 0.507 e. The van der Waals surface area contributed by atoms with Gasteiger partial charge in [0.2, 0.25) is 0 Å². The Morgan fingerprint density at radius 3 is 2.55 bits per heavy atom. The number of rotatable bonds is 10. The number of ketones is 1. The maximum atomic E-state index is 11.6. The van der Waals surface area contributed by atoms with Crippen molar-refractivity contribution in [3.63, 3.8) is 0 Å².